The Balaban J connectivity index is 2.00. The first-order valence-corrected chi connectivity index (χ1v) is 10.7. The third kappa shape index (κ3) is 6.89. The average Bonchev–Trinajstić information content (AvgIpc) is 3.28. The molecule has 1 unspecified atom stereocenters. The number of nitrogens with one attached hydrogen (secondary N) is 1. The summed E-state index contributed by atoms with van der Waals surface area (Å²) in [7, 11) is 1.50. The summed E-state index contributed by atoms with van der Waals surface area (Å²) in [6.45, 7) is 6.36. The molecule has 0 aliphatic carbocycles. The third-order valence-electron chi connectivity index (χ3n) is 4.64. The summed E-state index contributed by atoms with van der Waals surface area (Å²) in [6, 6.07) is 7.41. The molecule has 0 spiro atoms. The number of carbonyl (C=O) groups excluding carboxylic acids is 2. The van der Waals surface area contributed by atoms with E-state index in [4.69, 9.17) is 15.2 Å². The number of hydrogen-bond acceptors (Lipinski definition) is 6. The predicted molar refractivity (Wildman–Crippen MR) is 120 cm³/mol. The van der Waals surface area contributed by atoms with Crippen molar-refractivity contribution < 1.29 is 19.1 Å². The number of ether oxygens (including phenoxy) is 2. The van der Waals surface area contributed by atoms with Crippen LogP contribution in [0.15, 0.2) is 41.1 Å². The lowest BCUT2D eigenvalue weighted by Crippen LogP contribution is -2.37. The Morgan fingerprint density at radius 1 is 1.23 bits per heavy atom. The zero-order chi connectivity index (χ0) is 21.9. The van der Waals surface area contributed by atoms with Crippen LogP contribution in [0.3, 0.4) is 0 Å². The molecule has 1 aromatic carbocycles. The van der Waals surface area contributed by atoms with E-state index in [1.54, 1.807) is 35.6 Å². The number of rotatable bonds is 12. The van der Waals surface area contributed by atoms with Gasteiger partial charge in [0.25, 0.3) is 5.91 Å². The Kier molecular flexibility index (Phi) is 9.37. The molecule has 0 aliphatic heterocycles. The van der Waals surface area contributed by atoms with E-state index in [-0.39, 0.29) is 18.6 Å². The molecule has 2 aromatic rings. The summed E-state index contributed by atoms with van der Waals surface area (Å²) in [5, 5.41) is 7.17. The highest BCUT2D eigenvalue weighted by atomic mass is 32.1. The molecular weight excluding hydrogens is 402 g/mol. The number of primary amides is 1. The second kappa shape index (κ2) is 12.0. The van der Waals surface area contributed by atoms with Gasteiger partial charge in [-0.3, -0.25) is 14.5 Å². The highest BCUT2D eigenvalue weighted by molar-refractivity contribution is 7.08. The van der Waals surface area contributed by atoms with Gasteiger partial charge in [-0.2, -0.15) is 11.3 Å². The van der Waals surface area contributed by atoms with Gasteiger partial charge in [0.05, 0.1) is 13.2 Å². The summed E-state index contributed by atoms with van der Waals surface area (Å²) in [5.74, 6) is 0.132. The molecule has 3 N–H and O–H groups in total. The van der Waals surface area contributed by atoms with Gasteiger partial charge in [0.1, 0.15) is 0 Å². The van der Waals surface area contributed by atoms with Crippen LogP contribution in [0.5, 0.6) is 11.5 Å². The smallest absolute Gasteiger partial charge is 0.255 e. The number of likely N-dealkylation sites (N-methyl/N-ethyl adjacent to an activating group) is 1. The van der Waals surface area contributed by atoms with Gasteiger partial charge in [-0.05, 0) is 59.3 Å². The Morgan fingerprint density at radius 3 is 2.60 bits per heavy atom. The lowest BCUT2D eigenvalue weighted by molar-refractivity contribution is -0.120. The summed E-state index contributed by atoms with van der Waals surface area (Å²) in [4.78, 5) is 25.6. The van der Waals surface area contributed by atoms with E-state index in [1.165, 1.54) is 18.7 Å². The maximum atomic E-state index is 12.4. The number of methoxy groups -OCH3 is 1. The van der Waals surface area contributed by atoms with E-state index in [0.717, 1.165) is 18.7 Å². The van der Waals surface area contributed by atoms with Gasteiger partial charge in [0, 0.05) is 12.6 Å². The van der Waals surface area contributed by atoms with Crippen molar-refractivity contribution in [2.75, 3.05) is 33.4 Å². The molecule has 162 valence electrons. The second-order valence-corrected chi connectivity index (χ2v) is 7.32. The fourth-order valence-corrected chi connectivity index (χ4v) is 3.78. The van der Waals surface area contributed by atoms with Crippen LogP contribution in [0.25, 0.3) is 6.08 Å². The number of hydrogen-bond donors (Lipinski definition) is 2. The lowest BCUT2D eigenvalue weighted by Gasteiger charge is -2.29. The maximum Gasteiger partial charge on any atom is 0.255 e. The standard InChI is InChI=1S/C22H29N3O4S/c1-4-25(5-2)18(17-10-11-30-15-17)13-24-22(27)9-7-16-6-8-19(20(12-16)28-3)29-14-21(23)26/h6-12,15,18H,4-5,13-14H2,1-3H3,(H2,23,26)(H,24,27). The fraction of sp³-hybridized carbons (Fsp3) is 0.364. The number of carbonyl (C=O) groups is 2. The van der Waals surface area contributed by atoms with E-state index >= 15 is 0 Å². The van der Waals surface area contributed by atoms with Gasteiger partial charge in [-0.1, -0.05) is 19.9 Å². The van der Waals surface area contributed by atoms with Crippen LogP contribution in [-0.4, -0.2) is 50.1 Å². The van der Waals surface area contributed by atoms with Crippen molar-refractivity contribution in [2.45, 2.75) is 19.9 Å². The second-order valence-electron chi connectivity index (χ2n) is 6.54. The molecule has 2 amide bonds. The molecule has 0 bridgehead atoms. The van der Waals surface area contributed by atoms with Gasteiger partial charge < -0.3 is 20.5 Å². The van der Waals surface area contributed by atoms with Crippen molar-refractivity contribution >= 4 is 29.2 Å². The lowest BCUT2D eigenvalue weighted by atomic mass is 10.1. The topological polar surface area (TPSA) is 93.9 Å². The molecule has 2 rings (SSSR count). The molecule has 1 aromatic heterocycles. The van der Waals surface area contributed by atoms with Crippen molar-refractivity contribution in [2.24, 2.45) is 5.73 Å². The maximum absolute atomic E-state index is 12.4. The summed E-state index contributed by atoms with van der Waals surface area (Å²) >= 11 is 1.66. The Labute approximate surface area is 181 Å². The molecule has 8 heteroatoms. The molecule has 0 radical (unpaired) electrons. The average molecular weight is 432 g/mol. The van der Waals surface area contributed by atoms with E-state index in [0.29, 0.717) is 18.0 Å². The molecule has 7 nitrogen and oxygen atoms in total. The first-order valence-electron chi connectivity index (χ1n) is 9.79. The largest absolute Gasteiger partial charge is 0.493 e. The number of amides is 2. The highest BCUT2D eigenvalue weighted by Crippen LogP contribution is 2.28. The van der Waals surface area contributed by atoms with E-state index < -0.39 is 5.91 Å². The summed E-state index contributed by atoms with van der Waals surface area (Å²) in [6.07, 6.45) is 3.19. The van der Waals surface area contributed by atoms with Crippen LogP contribution < -0.4 is 20.5 Å². The Morgan fingerprint density at radius 2 is 2.00 bits per heavy atom. The SMILES string of the molecule is CCN(CC)C(CNC(=O)C=Cc1ccc(OCC(N)=O)c(OC)c1)c1ccsc1. The van der Waals surface area contributed by atoms with Crippen molar-refractivity contribution in [3.63, 3.8) is 0 Å². The van der Waals surface area contributed by atoms with Crippen LogP contribution >= 0.6 is 11.3 Å². The zero-order valence-electron chi connectivity index (χ0n) is 17.6. The van der Waals surface area contributed by atoms with E-state index in [2.05, 4.69) is 40.9 Å². The molecular formula is C22H29N3O4S. The number of nitrogens with two attached hydrogens (primary N) is 1. The van der Waals surface area contributed by atoms with Gasteiger partial charge in [0.2, 0.25) is 5.91 Å². The van der Waals surface area contributed by atoms with Crippen molar-refractivity contribution in [3.8, 4) is 11.5 Å². The number of thiophene rings is 1. The Bertz CT molecular complexity index is 848. The number of nitrogens with zero attached hydrogens (tertiary/aromatic N) is 1. The third-order valence-corrected chi connectivity index (χ3v) is 5.34. The first kappa shape index (κ1) is 23.4. The van der Waals surface area contributed by atoms with Crippen molar-refractivity contribution in [1.29, 1.82) is 0 Å². The predicted octanol–water partition coefficient (Wildman–Crippen LogP) is 2.83. The van der Waals surface area contributed by atoms with Gasteiger partial charge in [-0.15, -0.1) is 0 Å². The molecule has 0 saturated carbocycles. The highest BCUT2D eigenvalue weighted by Gasteiger charge is 2.18. The minimum Gasteiger partial charge on any atom is -0.493 e. The summed E-state index contributed by atoms with van der Waals surface area (Å²) < 4.78 is 10.6. The van der Waals surface area contributed by atoms with E-state index in [9.17, 15) is 9.59 Å². The van der Waals surface area contributed by atoms with Crippen LogP contribution in [0, 0.1) is 0 Å². The minimum absolute atomic E-state index is 0.144. The molecule has 0 saturated heterocycles. The minimum atomic E-state index is -0.567. The van der Waals surface area contributed by atoms with Crippen molar-refractivity contribution in [3.05, 3.63) is 52.2 Å². The fourth-order valence-electron chi connectivity index (χ4n) is 3.07. The van der Waals surface area contributed by atoms with Crippen LogP contribution in [0.1, 0.15) is 31.0 Å². The van der Waals surface area contributed by atoms with Crippen LogP contribution in [-0.2, 0) is 9.59 Å². The molecule has 1 atom stereocenters. The van der Waals surface area contributed by atoms with Gasteiger partial charge in [0.15, 0.2) is 18.1 Å². The Hall–Kier alpha value is -2.84. The van der Waals surface area contributed by atoms with Crippen LogP contribution in [0.2, 0.25) is 0 Å². The molecule has 1 heterocycles. The quantitative estimate of drug-likeness (QED) is 0.504. The normalized spacial score (nSPS) is 12.1. The van der Waals surface area contributed by atoms with Crippen LogP contribution in [0.4, 0.5) is 0 Å². The molecule has 0 fully saturated rings. The first-order chi connectivity index (χ1) is 14.5. The summed E-state index contributed by atoms with van der Waals surface area (Å²) in [5.41, 5.74) is 7.08. The van der Waals surface area contributed by atoms with E-state index in [1.807, 2.05) is 0 Å². The van der Waals surface area contributed by atoms with Gasteiger partial charge in [-0.25, -0.2) is 0 Å². The molecule has 30 heavy (non-hydrogen) atoms. The monoisotopic (exact) mass is 431 g/mol. The van der Waals surface area contributed by atoms with Crippen molar-refractivity contribution in [1.82, 2.24) is 10.2 Å². The number of benzene rings is 1. The zero-order valence-corrected chi connectivity index (χ0v) is 18.4. The molecule has 0 aliphatic rings. The van der Waals surface area contributed by atoms with Gasteiger partial charge >= 0.3 is 0 Å².